The van der Waals surface area contributed by atoms with Crippen molar-refractivity contribution in [1.29, 1.82) is 0 Å². The Kier molecular flexibility index (Phi) is 7.43. The third-order valence-corrected chi connectivity index (χ3v) is 3.47. The number of alkyl halides is 1. The van der Waals surface area contributed by atoms with E-state index in [1.165, 1.54) is 11.3 Å². The summed E-state index contributed by atoms with van der Waals surface area (Å²) in [5.41, 5.74) is 0.786. The van der Waals surface area contributed by atoms with Gasteiger partial charge in [0.1, 0.15) is 5.01 Å². The van der Waals surface area contributed by atoms with Crippen LogP contribution in [0.1, 0.15) is 30.5 Å². The van der Waals surface area contributed by atoms with Crippen LogP contribution in [0.25, 0.3) is 0 Å². The van der Waals surface area contributed by atoms with E-state index in [9.17, 15) is 9.59 Å². The van der Waals surface area contributed by atoms with Crippen LogP contribution < -0.4 is 10.6 Å². The molecule has 0 saturated heterocycles. The van der Waals surface area contributed by atoms with Gasteiger partial charge in [0.15, 0.2) is 0 Å². The monoisotopic (exact) mass is 303 g/mol. The standard InChI is InChI=1S/C12H18ClN3O2S/c1-2-4-14-10(17)3-5-15-11(18)6-12-16-9(7-13)8-19-12/h8H,2-7H2,1H3,(H,14,17)(H,15,18). The summed E-state index contributed by atoms with van der Waals surface area (Å²) in [4.78, 5) is 27.1. The van der Waals surface area contributed by atoms with Gasteiger partial charge in [0, 0.05) is 24.9 Å². The average Bonchev–Trinajstić information content (AvgIpc) is 2.84. The first-order valence-corrected chi connectivity index (χ1v) is 7.59. The van der Waals surface area contributed by atoms with Crippen LogP contribution in [0, 0.1) is 0 Å². The number of nitrogens with zero attached hydrogens (tertiary/aromatic N) is 1. The molecular formula is C12H18ClN3O2S. The SMILES string of the molecule is CCCNC(=O)CCNC(=O)Cc1nc(CCl)cs1. The molecule has 0 aliphatic rings. The number of carbonyl (C=O) groups is 2. The highest BCUT2D eigenvalue weighted by molar-refractivity contribution is 7.09. The molecule has 1 aromatic heterocycles. The summed E-state index contributed by atoms with van der Waals surface area (Å²) in [6.07, 6.45) is 1.44. The Labute approximate surface area is 121 Å². The van der Waals surface area contributed by atoms with Crippen molar-refractivity contribution in [3.8, 4) is 0 Å². The number of amides is 2. The second-order valence-corrected chi connectivity index (χ2v) is 5.20. The van der Waals surface area contributed by atoms with Gasteiger partial charge >= 0.3 is 0 Å². The Balaban J connectivity index is 2.19. The molecule has 1 heterocycles. The predicted octanol–water partition coefficient (Wildman–Crippen LogP) is 1.46. The lowest BCUT2D eigenvalue weighted by Crippen LogP contribution is -2.31. The molecular weight excluding hydrogens is 286 g/mol. The van der Waals surface area contributed by atoms with Crippen LogP contribution in [-0.4, -0.2) is 29.9 Å². The second kappa shape index (κ2) is 8.87. The Morgan fingerprint density at radius 2 is 2.05 bits per heavy atom. The van der Waals surface area contributed by atoms with E-state index < -0.39 is 0 Å². The van der Waals surface area contributed by atoms with E-state index in [1.807, 2.05) is 12.3 Å². The molecule has 7 heteroatoms. The van der Waals surface area contributed by atoms with Crippen LogP contribution in [-0.2, 0) is 21.9 Å². The van der Waals surface area contributed by atoms with E-state index in [0.717, 1.165) is 17.1 Å². The van der Waals surface area contributed by atoms with Crippen LogP contribution in [0.4, 0.5) is 0 Å². The van der Waals surface area contributed by atoms with Gasteiger partial charge < -0.3 is 10.6 Å². The van der Waals surface area contributed by atoms with Gasteiger partial charge in [-0.1, -0.05) is 6.92 Å². The number of hydrogen-bond acceptors (Lipinski definition) is 4. The molecule has 19 heavy (non-hydrogen) atoms. The molecule has 2 N–H and O–H groups in total. The maximum atomic E-state index is 11.6. The van der Waals surface area contributed by atoms with Crippen LogP contribution in [0.5, 0.6) is 0 Å². The van der Waals surface area contributed by atoms with Gasteiger partial charge in [-0.05, 0) is 6.42 Å². The van der Waals surface area contributed by atoms with Crippen molar-refractivity contribution in [2.45, 2.75) is 32.1 Å². The van der Waals surface area contributed by atoms with Crippen molar-refractivity contribution in [2.75, 3.05) is 13.1 Å². The number of aromatic nitrogens is 1. The molecule has 106 valence electrons. The van der Waals surface area contributed by atoms with Crippen molar-refractivity contribution in [1.82, 2.24) is 15.6 Å². The highest BCUT2D eigenvalue weighted by Crippen LogP contribution is 2.11. The average molecular weight is 304 g/mol. The first-order valence-electron chi connectivity index (χ1n) is 6.18. The highest BCUT2D eigenvalue weighted by atomic mass is 35.5. The minimum atomic E-state index is -0.126. The number of hydrogen-bond donors (Lipinski definition) is 2. The van der Waals surface area contributed by atoms with Crippen molar-refractivity contribution in [3.05, 3.63) is 16.1 Å². The molecule has 0 aliphatic heterocycles. The zero-order chi connectivity index (χ0) is 14.1. The summed E-state index contributed by atoms with van der Waals surface area (Å²) in [7, 11) is 0. The zero-order valence-corrected chi connectivity index (χ0v) is 12.4. The fraction of sp³-hybridized carbons (Fsp3) is 0.583. The van der Waals surface area contributed by atoms with Crippen LogP contribution in [0.2, 0.25) is 0 Å². The van der Waals surface area contributed by atoms with Crippen LogP contribution in [0.15, 0.2) is 5.38 Å². The fourth-order valence-corrected chi connectivity index (χ4v) is 2.38. The maximum Gasteiger partial charge on any atom is 0.226 e. The molecule has 5 nitrogen and oxygen atoms in total. The lowest BCUT2D eigenvalue weighted by molar-refractivity contribution is -0.122. The van der Waals surface area contributed by atoms with E-state index in [0.29, 0.717) is 25.4 Å². The third kappa shape index (κ3) is 6.54. The second-order valence-electron chi connectivity index (χ2n) is 3.99. The Morgan fingerprint density at radius 1 is 1.32 bits per heavy atom. The minimum absolute atomic E-state index is 0.0409. The maximum absolute atomic E-state index is 11.6. The summed E-state index contributed by atoms with van der Waals surface area (Å²) < 4.78 is 0. The lowest BCUT2D eigenvalue weighted by Gasteiger charge is -2.05. The number of carbonyl (C=O) groups excluding carboxylic acids is 2. The third-order valence-electron chi connectivity index (χ3n) is 2.29. The molecule has 0 radical (unpaired) electrons. The molecule has 2 amide bonds. The summed E-state index contributed by atoms with van der Waals surface area (Å²) >= 11 is 7.05. The smallest absolute Gasteiger partial charge is 0.226 e. The van der Waals surface area contributed by atoms with Crippen LogP contribution >= 0.6 is 22.9 Å². The number of thiazole rings is 1. The van der Waals surface area contributed by atoms with Gasteiger partial charge in [-0.25, -0.2) is 4.98 Å². The fourth-order valence-electron chi connectivity index (χ4n) is 1.36. The van der Waals surface area contributed by atoms with Gasteiger partial charge in [0.2, 0.25) is 11.8 Å². The van der Waals surface area contributed by atoms with Crippen molar-refractivity contribution < 1.29 is 9.59 Å². The van der Waals surface area contributed by atoms with E-state index in [-0.39, 0.29) is 18.2 Å². The van der Waals surface area contributed by atoms with Crippen molar-refractivity contribution >= 4 is 34.8 Å². The molecule has 0 unspecified atom stereocenters. The largest absolute Gasteiger partial charge is 0.356 e. The van der Waals surface area contributed by atoms with E-state index >= 15 is 0 Å². The van der Waals surface area contributed by atoms with Gasteiger partial charge in [-0.3, -0.25) is 9.59 Å². The Hall–Kier alpha value is -1.14. The first kappa shape index (κ1) is 15.9. The van der Waals surface area contributed by atoms with Gasteiger partial charge in [-0.15, -0.1) is 22.9 Å². The van der Waals surface area contributed by atoms with Crippen molar-refractivity contribution in [3.63, 3.8) is 0 Å². The normalized spacial score (nSPS) is 10.2. The quantitative estimate of drug-likeness (QED) is 0.714. The summed E-state index contributed by atoms with van der Waals surface area (Å²) in [5.74, 6) is 0.190. The molecule has 1 aromatic rings. The minimum Gasteiger partial charge on any atom is -0.356 e. The molecule has 0 aromatic carbocycles. The Bertz CT molecular complexity index is 423. The molecule has 1 rings (SSSR count). The number of nitrogens with one attached hydrogen (secondary N) is 2. The van der Waals surface area contributed by atoms with Gasteiger partial charge in [0.25, 0.3) is 0 Å². The number of halogens is 1. The molecule has 0 bridgehead atoms. The molecule has 0 aliphatic carbocycles. The van der Waals surface area contributed by atoms with E-state index in [4.69, 9.17) is 11.6 Å². The van der Waals surface area contributed by atoms with Crippen LogP contribution in [0.3, 0.4) is 0 Å². The topological polar surface area (TPSA) is 71.1 Å². The summed E-state index contributed by atoms with van der Waals surface area (Å²) in [6, 6.07) is 0. The number of rotatable bonds is 8. The predicted molar refractivity (Wildman–Crippen MR) is 76.3 cm³/mol. The molecule has 0 atom stereocenters. The summed E-state index contributed by atoms with van der Waals surface area (Å²) in [6.45, 7) is 3.01. The van der Waals surface area contributed by atoms with Gasteiger partial charge in [0.05, 0.1) is 18.0 Å². The Morgan fingerprint density at radius 3 is 2.68 bits per heavy atom. The molecule has 0 fully saturated rings. The lowest BCUT2D eigenvalue weighted by atomic mass is 10.3. The first-order chi connectivity index (χ1) is 9.15. The summed E-state index contributed by atoms with van der Waals surface area (Å²) in [5, 5.41) is 8.03. The molecule has 0 spiro atoms. The molecule has 0 saturated carbocycles. The highest BCUT2D eigenvalue weighted by Gasteiger charge is 2.08. The zero-order valence-electron chi connectivity index (χ0n) is 10.9. The van der Waals surface area contributed by atoms with E-state index in [1.54, 1.807) is 0 Å². The van der Waals surface area contributed by atoms with Gasteiger partial charge in [-0.2, -0.15) is 0 Å². The van der Waals surface area contributed by atoms with Crippen molar-refractivity contribution in [2.24, 2.45) is 0 Å². The van der Waals surface area contributed by atoms with E-state index in [2.05, 4.69) is 15.6 Å².